The highest BCUT2D eigenvalue weighted by Gasteiger charge is 2.24. The summed E-state index contributed by atoms with van der Waals surface area (Å²) in [6.45, 7) is 10.1. The summed E-state index contributed by atoms with van der Waals surface area (Å²) in [7, 11) is 0. The zero-order valence-electron chi connectivity index (χ0n) is 23.5. The first-order chi connectivity index (χ1) is 20.7. The normalized spacial score (nSPS) is 17.2. The number of hydrogen-bond donors (Lipinski definition) is 0. The van der Waals surface area contributed by atoms with E-state index < -0.39 is 5.97 Å². The molecule has 0 unspecified atom stereocenters. The number of rotatable bonds is 7. The number of hydrogen-bond acceptors (Lipinski definition) is 12. The standard InChI is InChI=1S/C30H32N8O3S/c1-2-41-29(39)21-16-32-30(33-17-21)38-8-6-36(7-9-38)19-22-14-25-26(42-22)28(37-10-12-40-13-11-37)35-27(34-25)23-5-3-4-20-15-31-18-24(20)23/h3-5,14,16-18H,2,6-13,15,19H2,1H3. The van der Waals surface area contributed by atoms with Crippen LogP contribution in [0.1, 0.15) is 33.3 Å². The maximum Gasteiger partial charge on any atom is 0.341 e. The number of esters is 1. The molecule has 4 aromatic rings. The number of nitrogens with zero attached hydrogens (tertiary/aromatic N) is 8. The summed E-state index contributed by atoms with van der Waals surface area (Å²) in [6.07, 6.45) is 5.04. The lowest BCUT2D eigenvalue weighted by Gasteiger charge is -2.34. The molecule has 0 atom stereocenters. The number of benzene rings is 1. The third-order valence-electron chi connectivity index (χ3n) is 7.82. The molecule has 11 nitrogen and oxygen atoms in total. The first kappa shape index (κ1) is 26.9. The van der Waals surface area contributed by atoms with Crippen LogP contribution in [0.3, 0.4) is 0 Å². The largest absolute Gasteiger partial charge is 0.462 e. The Morgan fingerprint density at radius 1 is 1.02 bits per heavy atom. The van der Waals surface area contributed by atoms with Crippen molar-refractivity contribution in [3.05, 3.63) is 58.2 Å². The molecule has 3 aromatic heterocycles. The summed E-state index contributed by atoms with van der Waals surface area (Å²) in [5.41, 5.74) is 4.73. The highest BCUT2D eigenvalue weighted by Crippen LogP contribution is 2.36. The first-order valence-corrected chi connectivity index (χ1v) is 15.2. The molecule has 3 aliphatic heterocycles. The van der Waals surface area contributed by atoms with Crippen LogP contribution in [0.15, 0.2) is 41.7 Å². The van der Waals surface area contributed by atoms with Crippen LogP contribution in [0.5, 0.6) is 0 Å². The number of thiophene rings is 1. The van der Waals surface area contributed by atoms with E-state index in [1.165, 1.54) is 10.4 Å². The molecule has 2 fully saturated rings. The van der Waals surface area contributed by atoms with Crippen molar-refractivity contribution in [1.29, 1.82) is 0 Å². The van der Waals surface area contributed by atoms with E-state index in [-0.39, 0.29) is 0 Å². The number of fused-ring (bicyclic) bond motifs is 2. The average Bonchev–Trinajstić information content (AvgIpc) is 3.68. The number of carbonyl (C=O) groups excluding carboxylic acids is 1. The second kappa shape index (κ2) is 11.7. The van der Waals surface area contributed by atoms with Crippen molar-refractivity contribution in [3.63, 3.8) is 0 Å². The molecule has 0 bridgehead atoms. The predicted molar refractivity (Wildman–Crippen MR) is 163 cm³/mol. The summed E-state index contributed by atoms with van der Waals surface area (Å²) in [5.74, 6) is 1.99. The number of morpholine rings is 1. The molecule has 0 amide bonds. The van der Waals surface area contributed by atoms with Gasteiger partial charge in [-0.1, -0.05) is 18.2 Å². The fraction of sp³-hybridized carbons (Fsp3) is 0.400. The summed E-state index contributed by atoms with van der Waals surface area (Å²) in [5, 5.41) is 0. The Hall–Kier alpha value is -4.00. The second-order valence-corrected chi connectivity index (χ2v) is 11.6. The van der Waals surface area contributed by atoms with Gasteiger partial charge in [-0.2, -0.15) is 0 Å². The van der Waals surface area contributed by atoms with Crippen LogP contribution in [0, 0.1) is 0 Å². The van der Waals surface area contributed by atoms with E-state index in [1.54, 1.807) is 30.7 Å². The van der Waals surface area contributed by atoms with Crippen molar-refractivity contribution >= 4 is 45.5 Å². The van der Waals surface area contributed by atoms with Crippen LogP contribution in [0.2, 0.25) is 0 Å². The summed E-state index contributed by atoms with van der Waals surface area (Å²) >= 11 is 1.79. The van der Waals surface area contributed by atoms with Crippen molar-refractivity contribution in [2.24, 2.45) is 4.99 Å². The van der Waals surface area contributed by atoms with E-state index in [4.69, 9.17) is 19.4 Å². The van der Waals surface area contributed by atoms with E-state index >= 15 is 0 Å². The fourth-order valence-corrected chi connectivity index (χ4v) is 6.77. The van der Waals surface area contributed by atoms with Gasteiger partial charge < -0.3 is 19.3 Å². The quantitative estimate of drug-likeness (QED) is 0.300. The van der Waals surface area contributed by atoms with Crippen LogP contribution in [0.4, 0.5) is 11.8 Å². The smallest absolute Gasteiger partial charge is 0.341 e. The monoisotopic (exact) mass is 584 g/mol. The van der Waals surface area contributed by atoms with Gasteiger partial charge in [0.25, 0.3) is 0 Å². The zero-order chi connectivity index (χ0) is 28.5. The Morgan fingerprint density at radius 3 is 2.62 bits per heavy atom. The summed E-state index contributed by atoms with van der Waals surface area (Å²) in [4.78, 5) is 43.7. The Morgan fingerprint density at radius 2 is 1.83 bits per heavy atom. The maximum absolute atomic E-state index is 11.9. The van der Waals surface area contributed by atoms with E-state index in [0.717, 1.165) is 78.8 Å². The molecular weight excluding hydrogens is 552 g/mol. The molecule has 12 heteroatoms. The Labute approximate surface area is 247 Å². The third kappa shape index (κ3) is 5.33. The number of carbonyl (C=O) groups is 1. The molecule has 6 heterocycles. The lowest BCUT2D eigenvalue weighted by molar-refractivity contribution is 0.0525. The zero-order valence-corrected chi connectivity index (χ0v) is 24.3. The first-order valence-electron chi connectivity index (χ1n) is 14.4. The van der Waals surface area contributed by atoms with Crippen molar-refractivity contribution < 1.29 is 14.3 Å². The number of piperazine rings is 1. The lowest BCUT2D eigenvalue weighted by Crippen LogP contribution is -2.46. The van der Waals surface area contributed by atoms with E-state index in [0.29, 0.717) is 37.9 Å². The van der Waals surface area contributed by atoms with Gasteiger partial charge in [0.2, 0.25) is 5.95 Å². The molecule has 0 radical (unpaired) electrons. The maximum atomic E-state index is 11.9. The topological polar surface area (TPSA) is 109 Å². The van der Waals surface area contributed by atoms with E-state index in [9.17, 15) is 4.79 Å². The van der Waals surface area contributed by atoms with Crippen molar-refractivity contribution in [2.45, 2.75) is 20.0 Å². The molecule has 216 valence electrons. The molecule has 1 aromatic carbocycles. The van der Waals surface area contributed by atoms with Crippen LogP contribution in [0.25, 0.3) is 21.6 Å². The fourth-order valence-electron chi connectivity index (χ4n) is 5.62. The SMILES string of the molecule is CCOC(=O)c1cnc(N2CCN(Cc3cc4nc(-c5cccc6c5C=NC6)nc(N5CCOCC5)c4s3)CC2)nc1. The Bertz CT molecular complexity index is 1630. The van der Waals surface area contributed by atoms with Gasteiger partial charge in [0.15, 0.2) is 11.6 Å². The molecule has 7 rings (SSSR count). The lowest BCUT2D eigenvalue weighted by atomic mass is 10.0. The van der Waals surface area contributed by atoms with Crippen molar-refractivity contribution in [3.8, 4) is 11.4 Å². The Balaban J connectivity index is 1.10. The van der Waals surface area contributed by atoms with Gasteiger partial charge in [-0.15, -0.1) is 11.3 Å². The highest BCUT2D eigenvalue weighted by molar-refractivity contribution is 7.19. The van der Waals surface area contributed by atoms with Gasteiger partial charge in [-0.3, -0.25) is 9.89 Å². The number of ether oxygens (including phenoxy) is 2. The number of anilines is 2. The predicted octanol–water partition coefficient (Wildman–Crippen LogP) is 3.42. The minimum absolute atomic E-state index is 0.328. The minimum atomic E-state index is -0.396. The van der Waals surface area contributed by atoms with Gasteiger partial charge in [0.1, 0.15) is 0 Å². The molecule has 0 aliphatic carbocycles. The number of aromatic nitrogens is 4. The minimum Gasteiger partial charge on any atom is -0.462 e. The second-order valence-electron chi connectivity index (χ2n) is 10.5. The molecule has 2 saturated heterocycles. The molecule has 42 heavy (non-hydrogen) atoms. The van der Waals surface area contributed by atoms with Crippen LogP contribution in [-0.4, -0.2) is 96.1 Å². The van der Waals surface area contributed by atoms with Gasteiger partial charge in [-0.25, -0.2) is 24.7 Å². The number of aliphatic imine (C=N–C) groups is 1. The molecule has 0 spiro atoms. The summed E-state index contributed by atoms with van der Waals surface area (Å²) in [6, 6.07) is 8.53. The highest BCUT2D eigenvalue weighted by atomic mass is 32.1. The van der Waals surface area contributed by atoms with Gasteiger partial charge in [-0.05, 0) is 18.6 Å². The van der Waals surface area contributed by atoms with Gasteiger partial charge >= 0.3 is 5.97 Å². The average molecular weight is 585 g/mol. The van der Waals surface area contributed by atoms with Gasteiger partial charge in [0, 0.05) is 80.4 Å². The molecular formula is C30H32N8O3S. The molecule has 3 aliphatic rings. The van der Waals surface area contributed by atoms with E-state index in [2.05, 4.69) is 53.9 Å². The van der Waals surface area contributed by atoms with Crippen LogP contribution in [-0.2, 0) is 22.6 Å². The Kier molecular flexibility index (Phi) is 7.49. The van der Waals surface area contributed by atoms with E-state index in [1.807, 2.05) is 6.21 Å². The van der Waals surface area contributed by atoms with Crippen LogP contribution >= 0.6 is 11.3 Å². The third-order valence-corrected chi connectivity index (χ3v) is 8.92. The van der Waals surface area contributed by atoms with Gasteiger partial charge in [0.05, 0.1) is 42.1 Å². The van der Waals surface area contributed by atoms with Crippen molar-refractivity contribution in [1.82, 2.24) is 24.8 Å². The molecule has 0 saturated carbocycles. The molecule has 0 N–H and O–H groups in total. The van der Waals surface area contributed by atoms with Crippen LogP contribution < -0.4 is 9.80 Å². The summed E-state index contributed by atoms with van der Waals surface area (Å²) < 4.78 is 11.8. The van der Waals surface area contributed by atoms with Crippen molar-refractivity contribution in [2.75, 3.05) is 68.9 Å².